The molecule has 0 aliphatic carbocycles. The molecule has 0 aromatic heterocycles. The molecular weight excluding hydrogens is 377 g/mol. The summed E-state index contributed by atoms with van der Waals surface area (Å²) in [7, 11) is -4.17. The van der Waals surface area contributed by atoms with E-state index in [-0.39, 0.29) is 4.90 Å². The normalized spacial score (nSPS) is 12.8. The van der Waals surface area contributed by atoms with Gasteiger partial charge in [-0.15, -0.1) is 4.28 Å². The number of amides is 1. The number of hydrogen-bond donors (Lipinski definition) is 1. The van der Waals surface area contributed by atoms with Crippen LogP contribution < -0.4 is 5.48 Å². The number of benzene rings is 1. The molecule has 0 aliphatic heterocycles. The highest BCUT2D eigenvalue weighted by atomic mass is 35.6. The number of hydrogen-bond acceptors (Lipinski definition) is 5. The van der Waals surface area contributed by atoms with E-state index in [1.807, 2.05) is 0 Å². The second kappa shape index (κ2) is 6.80. The summed E-state index contributed by atoms with van der Waals surface area (Å²) in [5.41, 5.74) is 1.01. The van der Waals surface area contributed by atoms with E-state index >= 15 is 0 Å². The van der Waals surface area contributed by atoms with Crippen molar-refractivity contribution in [2.75, 3.05) is 0 Å². The molecule has 0 fully saturated rings. The van der Waals surface area contributed by atoms with Crippen molar-refractivity contribution in [1.82, 2.24) is 5.48 Å². The van der Waals surface area contributed by atoms with Crippen molar-refractivity contribution < 1.29 is 22.2 Å². The molecule has 0 saturated heterocycles. The topological polar surface area (TPSA) is 81.7 Å². The molecule has 0 heterocycles. The average Bonchev–Trinajstić information content (AvgIpc) is 2.35. The minimum absolute atomic E-state index is 0.126. The molecule has 1 N–H and O–H groups in total. The number of ether oxygens (including phenoxy) is 1. The first-order valence-corrected chi connectivity index (χ1v) is 8.45. The summed E-state index contributed by atoms with van der Waals surface area (Å²) in [6, 6.07) is 5.84. The molecule has 1 aromatic carbocycles. The Bertz CT molecular complexity index is 638. The zero-order chi connectivity index (χ0) is 17.2. The van der Waals surface area contributed by atoms with Crippen LogP contribution in [0, 0.1) is 6.92 Å². The van der Waals surface area contributed by atoms with E-state index in [2.05, 4.69) is 4.28 Å². The van der Waals surface area contributed by atoms with Gasteiger partial charge in [-0.25, -0.2) is 4.79 Å². The molecule has 0 unspecified atom stereocenters. The molecule has 1 amide bonds. The standard InChI is InChI=1S/C12H14Cl3NO5S/c1-8-4-6-9(7-5-8)22(18,19)21-16-10(17)20-11(2,3)12(13,14)15/h4-7H,1-3H3,(H,16,17). The highest BCUT2D eigenvalue weighted by Crippen LogP contribution is 2.40. The van der Waals surface area contributed by atoms with Gasteiger partial charge in [0.1, 0.15) is 0 Å². The monoisotopic (exact) mass is 389 g/mol. The van der Waals surface area contributed by atoms with Gasteiger partial charge in [0.05, 0.1) is 4.90 Å². The Hall–Kier alpha value is -0.730. The molecule has 6 nitrogen and oxygen atoms in total. The number of alkyl halides is 3. The summed E-state index contributed by atoms with van der Waals surface area (Å²) in [5, 5.41) is 0. The summed E-state index contributed by atoms with van der Waals surface area (Å²) < 4.78 is 31.0. The molecule has 1 rings (SSSR count). The van der Waals surface area contributed by atoms with Crippen LogP contribution in [0.4, 0.5) is 4.79 Å². The summed E-state index contributed by atoms with van der Waals surface area (Å²) >= 11 is 16.9. The Balaban J connectivity index is 2.69. The van der Waals surface area contributed by atoms with Gasteiger partial charge in [0, 0.05) is 0 Å². The number of halogens is 3. The largest absolute Gasteiger partial charge is 0.437 e. The maximum Gasteiger partial charge on any atom is 0.433 e. The number of nitrogens with one attached hydrogen (secondary N) is 1. The molecule has 0 spiro atoms. The van der Waals surface area contributed by atoms with Crippen LogP contribution in [0.5, 0.6) is 0 Å². The van der Waals surface area contributed by atoms with Gasteiger partial charge in [-0.3, -0.25) is 0 Å². The number of aryl methyl sites for hydroxylation is 1. The Morgan fingerprint density at radius 3 is 2.09 bits per heavy atom. The quantitative estimate of drug-likeness (QED) is 0.628. The fourth-order valence-electron chi connectivity index (χ4n) is 1.15. The fraction of sp³-hybridized carbons (Fsp3) is 0.417. The molecule has 0 atom stereocenters. The summed E-state index contributed by atoms with van der Waals surface area (Å²) in [5.74, 6) is 0. The highest BCUT2D eigenvalue weighted by molar-refractivity contribution is 7.86. The van der Waals surface area contributed by atoms with Crippen LogP contribution in [-0.4, -0.2) is 23.9 Å². The van der Waals surface area contributed by atoms with Gasteiger partial charge in [-0.05, 0) is 32.9 Å². The summed E-state index contributed by atoms with van der Waals surface area (Å²) in [6.45, 7) is 4.48. The maximum absolute atomic E-state index is 11.8. The molecule has 10 heteroatoms. The highest BCUT2D eigenvalue weighted by Gasteiger charge is 2.44. The molecule has 0 bridgehead atoms. The third-order valence-electron chi connectivity index (χ3n) is 2.57. The average molecular weight is 391 g/mol. The van der Waals surface area contributed by atoms with Crippen molar-refractivity contribution in [2.24, 2.45) is 0 Å². The van der Waals surface area contributed by atoms with Gasteiger partial charge in [0.25, 0.3) is 0 Å². The molecule has 0 radical (unpaired) electrons. The van der Waals surface area contributed by atoms with E-state index in [1.165, 1.54) is 26.0 Å². The van der Waals surface area contributed by atoms with Crippen molar-refractivity contribution in [3.05, 3.63) is 29.8 Å². The van der Waals surface area contributed by atoms with Gasteiger partial charge in [-0.1, -0.05) is 52.5 Å². The van der Waals surface area contributed by atoms with E-state index < -0.39 is 25.6 Å². The summed E-state index contributed by atoms with van der Waals surface area (Å²) in [6.07, 6.45) is -1.22. The van der Waals surface area contributed by atoms with Crippen LogP contribution in [0.2, 0.25) is 0 Å². The number of carbonyl (C=O) groups excluding carboxylic acids is 1. The van der Waals surface area contributed by atoms with Gasteiger partial charge in [-0.2, -0.15) is 13.9 Å². The maximum atomic E-state index is 11.8. The number of rotatable bonds is 4. The molecule has 22 heavy (non-hydrogen) atoms. The van der Waals surface area contributed by atoms with Gasteiger partial charge in [0.2, 0.25) is 3.79 Å². The zero-order valence-electron chi connectivity index (χ0n) is 11.9. The lowest BCUT2D eigenvalue weighted by molar-refractivity contribution is 0.0208. The van der Waals surface area contributed by atoms with Crippen molar-refractivity contribution in [3.63, 3.8) is 0 Å². The predicted molar refractivity (Wildman–Crippen MR) is 83.4 cm³/mol. The first-order chi connectivity index (χ1) is 9.85. The SMILES string of the molecule is Cc1ccc(S(=O)(=O)ONC(=O)OC(C)(C)C(Cl)(Cl)Cl)cc1. The number of carbonyl (C=O) groups is 1. The Kier molecular flexibility index (Phi) is 5.97. The van der Waals surface area contributed by atoms with Crippen LogP contribution in [0.15, 0.2) is 29.2 Å². The molecule has 1 aromatic rings. The summed E-state index contributed by atoms with van der Waals surface area (Å²) in [4.78, 5) is 11.4. The Morgan fingerprint density at radius 1 is 1.14 bits per heavy atom. The fourth-order valence-corrected chi connectivity index (χ4v) is 2.01. The van der Waals surface area contributed by atoms with Crippen LogP contribution in [0.3, 0.4) is 0 Å². The van der Waals surface area contributed by atoms with E-state index in [0.29, 0.717) is 0 Å². The lowest BCUT2D eigenvalue weighted by atomic mass is 10.2. The zero-order valence-corrected chi connectivity index (χ0v) is 15.0. The third kappa shape index (κ3) is 5.17. The Labute approximate surface area is 143 Å². The van der Waals surface area contributed by atoms with Gasteiger partial charge >= 0.3 is 16.2 Å². The number of hydroxylamine groups is 1. The lowest BCUT2D eigenvalue weighted by Gasteiger charge is -2.31. The smallest absolute Gasteiger partial charge is 0.433 e. The molecule has 124 valence electrons. The Morgan fingerprint density at radius 2 is 1.64 bits per heavy atom. The molecule has 0 saturated carbocycles. The van der Waals surface area contributed by atoms with Gasteiger partial charge in [0.15, 0.2) is 5.60 Å². The van der Waals surface area contributed by atoms with Crippen molar-refractivity contribution in [3.8, 4) is 0 Å². The van der Waals surface area contributed by atoms with E-state index in [1.54, 1.807) is 24.5 Å². The third-order valence-corrected chi connectivity index (χ3v) is 5.09. The van der Waals surface area contributed by atoms with Crippen LogP contribution >= 0.6 is 34.8 Å². The molecule has 0 aliphatic rings. The minimum atomic E-state index is -4.17. The second-order valence-electron chi connectivity index (χ2n) is 4.85. The van der Waals surface area contributed by atoms with Crippen molar-refractivity contribution >= 4 is 51.0 Å². The predicted octanol–water partition coefficient (Wildman–Crippen LogP) is 3.49. The molecular formula is C12H14Cl3NO5S. The van der Waals surface area contributed by atoms with Crippen LogP contribution in [-0.2, 0) is 19.1 Å². The van der Waals surface area contributed by atoms with Crippen molar-refractivity contribution in [1.29, 1.82) is 0 Å². The second-order valence-corrected chi connectivity index (χ2v) is 8.68. The van der Waals surface area contributed by atoms with E-state index in [9.17, 15) is 13.2 Å². The van der Waals surface area contributed by atoms with Gasteiger partial charge < -0.3 is 4.74 Å². The van der Waals surface area contributed by atoms with E-state index in [4.69, 9.17) is 39.5 Å². The van der Waals surface area contributed by atoms with Crippen LogP contribution in [0.25, 0.3) is 0 Å². The minimum Gasteiger partial charge on any atom is -0.437 e. The van der Waals surface area contributed by atoms with Crippen molar-refractivity contribution in [2.45, 2.75) is 35.1 Å². The van der Waals surface area contributed by atoms with Crippen LogP contribution in [0.1, 0.15) is 19.4 Å². The lowest BCUT2D eigenvalue weighted by Crippen LogP contribution is -2.44. The first kappa shape index (κ1) is 19.3. The van der Waals surface area contributed by atoms with E-state index in [0.717, 1.165) is 5.56 Å². The first-order valence-electron chi connectivity index (χ1n) is 5.91.